The average Bonchev–Trinajstić information content (AvgIpc) is 2.55. The molecule has 21 heavy (non-hydrogen) atoms. The van der Waals surface area contributed by atoms with Gasteiger partial charge in [0.2, 0.25) is 5.91 Å². The highest BCUT2D eigenvalue weighted by molar-refractivity contribution is 5.79. The van der Waals surface area contributed by atoms with E-state index in [0.717, 1.165) is 52.1 Å². The van der Waals surface area contributed by atoms with Crippen LogP contribution in [0.25, 0.3) is 0 Å². The van der Waals surface area contributed by atoms with Crippen LogP contribution in [0.1, 0.15) is 18.4 Å². The lowest BCUT2D eigenvalue weighted by molar-refractivity contribution is -0.136. The van der Waals surface area contributed by atoms with Crippen molar-refractivity contribution in [1.82, 2.24) is 10.2 Å². The van der Waals surface area contributed by atoms with E-state index < -0.39 is 0 Å². The maximum atomic E-state index is 12.5. The molecule has 114 valence electrons. The minimum Gasteiger partial charge on any atom is -0.368 e. The largest absolute Gasteiger partial charge is 0.368 e. The number of piperidine rings is 1. The van der Waals surface area contributed by atoms with Crippen LogP contribution < -0.4 is 10.2 Å². The van der Waals surface area contributed by atoms with Crippen LogP contribution in [0.15, 0.2) is 24.3 Å². The number of benzene rings is 1. The van der Waals surface area contributed by atoms with E-state index in [1.165, 1.54) is 11.3 Å². The highest BCUT2D eigenvalue weighted by Crippen LogP contribution is 2.20. The molecule has 0 radical (unpaired) electrons. The quantitative estimate of drug-likeness (QED) is 0.898. The predicted octanol–water partition coefficient (Wildman–Crippen LogP) is 1.64. The van der Waals surface area contributed by atoms with Crippen LogP contribution in [-0.4, -0.2) is 50.1 Å². The van der Waals surface area contributed by atoms with Crippen molar-refractivity contribution in [2.45, 2.75) is 19.8 Å². The Morgan fingerprint density at radius 2 is 2.05 bits per heavy atom. The van der Waals surface area contributed by atoms with Crippen LogP contribution in [0.2, 0.25) is 0 Å². The average molecular weight is 287 g/mol. The third-order valence-corrected chi connectivity index (χ3v) is 4.60. The summed E-state index contributed by atoms with van der Waals surface area (Å²) >= 11 is 0. The summed E-state index contributed by atoms with van der Waals surface area (Å²) in [7, 11) is 0. The van der Waals surface area contributed by atoms with Crippen molar-refractivity contribution in [3.8, 4) is 0 Å². The molecule has 1 aromatic carbocycles. The highest BCUT2D eigenvalue weighted by atomic mass is 16.2. The second kappa shape index (κ2) is 6.48. The molecular weight excluding hydrogens is 262 g/mol. The van der Waals surface area contributed by atoms with E-state index in [0.29, 0.717) is 5.91 Å². The van der Waals surface area contributed by atoms with E-state index in [1.807, 2.05) is 0 Å². The molecule has 0 aliphatic carbocycles. The monoisotopic (exact) mass is 287 g/mol. The third-order valence-electron chi connectivity index (χ3n) is 4.60. The van der Waals surface area contributed by atoms with Crippen LogP contribution in [0.5, 0.6) is 0 Å². The number of hydrogen-bond donors (Lipinski definition) is 1. The van der Waals surface area contributed by atoms with Gasteiger partial charge in [-0.25, -0.2) is 0 Å². The summed E-state index contributed by atoms with van der Waals surface area (Å²) in [5.41, 5.74) is 2.57. The molecule has 4 nitrogen and oxygen atoms in total. The fourth-order valence-corrected chi connectivity index (χ4v) is 3.33. The molecule has 2 heterocycles. The zero-order valence-electron chi connectivity index (χ0n) is 12.8. The molecular formula is C17H25N3O. The predicted molar refractivity (Wildman–Crippen MR) is 85.6 cm³/mol. The first-order valence-electron chi connectivity index (χ1n) is 8.05. The normalized spacial score (nSPS) is 23.2. The fraction of sp³-hybridized carbons (Fsp3) is 0.588. The topological polar surface area (TPSA) is 35.6 Å². The van der Waals surface area contributed by atoms with Gasteiger partial charge in [0.05, 0.1) is 5.92 Å². The standard InChI is InChI=1S/C17H25N3O/c1-14-4-2-6-16(12-14)19-8-10-20(11-9-19)17(21)15-5-3-7-18-13-15/h2,4,6,12,15,18H,3,5,7-11,13H2,1H3/t15-/m0/s1. The Morgan fingerprint density at radius 3 is 2.71 bits per heavy atom. The maximum absolute atomic E-state index is 12.5. The van der Waals surface area contributed by atoms with Gasteiger partial charge in [-0.05, 0) is 44.0 Å². The van der Waals surface area contributed by atoms with Crippen molar-refractivity contribution < 1.29 is 4.79 Å². The van der Waals surface area contributed by atoms with Gasteiger partial charge >= 0.3 is 0 Å². The second-order valence-electron chi connectivity index (χ2n) is 6.19. The molecule has 4 heteroatoms. The number of anilines is 1. The first-order valence-corrected chi connectivity index (χ1v) is 8.05. The van der Waals surface area contributed by atoms with Gasteiger partial charge in [0.25, 0.3) is 0 Å². The van der Waals surface area contributed by atoms with E-state index >= 15 is 0 Å². The summed E-state index contributed by atoms with van der Waals surface area (Å²) < 4.78 is 0. The lowest BCUT2D eigenvalue weighted by Gasteiger charge is -2.38. The number of piperazine rings is 1. The molecule has 0 unspecified atom stereocenters. The Bertz CT molecular complexity index is 489. The van der Waals surface area contributed by atoms with Crippen LogP contribution >= 0.6 is 0 Å². The summed E-state index contributed by atoms with van der Waals surface area (Å²) in [5, 5.41) is 3.34. The molecule has 2 aliphatic rings. The number of carbonyl (C=O) groups excluding carboxylic acids is 1. The van der Waals surface area contributed by atoms with Gasteiger partial charge in [0, 0.05) is 38.4 Å². The third kappa shape index (κ3) is 3.38. The van der Waals surface area contributed by atoms with E-state index in [1.54, 1.807) is 0 Å². The SMILES string of the molecule is Cc1cccc(N2CCN(C(=O)[C@H]3CCCNC3)CC2)c1. The molecule has 0 bridgehead atoms. The molecule has 3 rings (SSSR count). The van der Waals surface area contributed by atoms with Gasteiger partial charge in [-0.1, -0.05) is 12.1 Å². The van der Waals surface area contributed by atoms with E-state index in [4.69, 9.17) is 0 Å². The van der Waals surface area contributed by atoms with Crippen LogP contribution in [-0.2, 0) is 4.79 Å². The Balaban J connectivity index is 1.56. The smallest absolute Gasteiger partial charge is 0.227 e. The number of carbonyl (C=O) groups is 1. The van der Waals surface area contributed by atoms with Crippen molar-refractivity contribution in [3.63, 3.8) is 0 Å². The molecule has 1 N–H and O–H groups in total. The number of hydrogen-bond acceptors (Lipinski definition) is 3. The lowest BCUT2D eigenvalue weighted by atomic mass is 9.98. The van der Waals surface area contributed by atoms with E-state index in [-0.39, 0.29) is 5.92 Å². The van der Waals surface area contributed by atoms with Gasteiger partial charge in [-0.3, -0.25) is 4.79 Å². The van der Waals surface area contributed by atoms with Crippen LogP contribution in [0, 0.1) is 12.8 Å². The van der Waals surface area contributed by atoms with Gasteiger partial charge in [0.15, 0.2) is 0 Å². The number of nitrogens with one attached hydrogen (secondary N) is 1. The highest BCUT2D eigenvalue weighted by Gasteiger charge is 2.28. The summed E-state index contributed by atoms with van der Waals surface area (Å²) in [6, 6.07) is 8.62. The Morgan fingerprint density at radius 1 is 1.24 bits per heavy atom. The first-order chi connectivity index (χ1) is 10.2. The van der Waals surface area contributed by atoms with Crippen molar-refractivity contribution in [2.75, 3.05) is 44.2 Å². The number of aryl methyl sites for hydroxylation is 1. The van der Waals surface area contributed by atoms with Crippen LogP contribution in [0.4, 0.5) is 5.69 Å². The molecule has 1 atom stereocenters. The molecule has 1 aromatic rings. The minimum atomic E-state index is 0.198. The van der Waals surface area contributed by atoms with E-state index in [9.17, 15) is 4.79 Å². The lowest BCUT2D eigenvalue weighted by Crippen LogP contribution is -2.52. The van der Waals surface area contributed by atoms with Gasteiger partial charge in [-0.2, -0.15) is 0 Å². The van der Waals surface area contributed by atoms with Crippen molar-refractivity contribution >= 4 is 11.6 Å². The molecule has 0 spiro atoms. The molecule has 2 saturated heterocycles. The summed E-state index contributed by atoms with van der Waals surface area (Å²) in [6.07, 6.45) is 2.17. The summed E-state index contributed by atoms with van der Waals surface area (Å²) in [5.74, 6) is 0.551. The molecule has 2 aliphatic heterocycles. The second-order valence-corrected chi connectivity index (χ2v) is 6.19. The number of rotatable bonds is 2. The minimum absolute atomic E-state index is 0.198. The van der Waals surface area contributed by atoms with Crippen LogP contribution in [0.3, 0.4) is 0 Å². The Hall–Kier alpha value is -1.55. The first kappa shape index (κ1) is 14.4. The van der Waals surface area contributed by atoms with Gasteiger partial charge in [-0.15, -0.1) is 0 Å². The zero-order chi connectivity index (χ0) is 14.7. The summed E-state index contributed by atoms with van der Waals surface area (Å²) in [4.78, 5) is 17.0. The maximum Gasteiger partial charge on any atom is 0.227 e. The summed E-state index contributed by atoms with van der Waals surface area (Å²) in [6.45, 7) is 7.62. The zero-order valence-corrected chi connectivity index (χ0v) is 12.8. The number of nitrogens with zero attached hydrogens (tertiary/aromatic N) is 2. The van der Waals surface area contributed by atoms with Crippen molar-refractivity contribution in [2.24, 2.45) is 5.92 Å². The molecule has 2 fully saturated rings. The Labute approximate surface area is 127 Å². The van der Waals surface area contributed by atoms with Gasteiger partial charge in [0.1, 0.15) is 0 Å². The molecule has 1 amide bonds. The molecule has 0 saturated carbocycles. The number of amides is 1. The molecule has 0 aromatic heterocycles. The van der Waals surface area contributed by atoms with E-state index in [2.05, 4.69) is 46.3 Å². The van der Waals surface area contributed by atoms with Gasteiger partial charge < -0.3 is 15.1 Å². The van der Waals surface area contributed by atoms with Crippen molar-refractivity contribution in [1.29, 1.82) is 0 Å². The Kier molecular flexibility index (Phi) is 4.44. The van der Waals surface area contributed by atoms with Crippen molar-refractivity contribution in [3.05, 3.63) is 29.8 Å². The fourth-order valence-electron chi connectivity index (χ4n) is 3.33.